The van der Waals surface area contributed by atoms with E-state index in [9.17, 15) is 4.79 Å². The van der Waals surface area contributed by atoms with Crippen LogP contribution in [-0.4, -0.2) is 65.0 Å². The summed E-state index contributed by atoms with van der Waals surface area (Å²) in [6.07, 6.45) is 1.72. The Bertz CT molecular complexity index is 828. The third kappa shape index (κ3) is 4.69. The lowest BCUT2D eigenvalue weighted by atomic mass is 10.2. The molecule has 2 aromatic rings. The molecule has 1 aliphatic heterocycles. The molecule has 3 rings (SSSR count). The minimum atomic E-state index is -0.184. The second kappa shape index (κ2) is 8.61. The average molecular weight is 353 g/mol. The van der Waals surface area contributed by atoms with Crippen molar-refractivity contribution in [2.75, 3.05) is 39.4 Å². The molecule has 2 aromatic heterocycles. The summed E-state index contributed by atoms with van der Waals surface area (Å²) in [5.41, 5.74) is 2.79. The molecule has 26 heavy (non-hydrogen) atoms. The first-order valence-electron chi connectivity index (χ1n) is 8.69. The maximum atomic E-state index is 12.3. The topological polar surface area (TPSA) is 72.3 Å². The Hall–Kier alpha value is -2.69. The Morgan fingerprint density at radius 2 is 2.15 bits per heavy atom. The van der Waals surface area contributed by atoms with Crippen LogP contribution in [0.4, 0.5) is 0 Å². The van der Waals surface area contributed by atoms with Crippen molar-refractivity contribution >= 4 is 5.91 Å². The summed E-state index contributed by atoms with van der Waals surface area (Å²) in [7, 11) is 1.78. The van der Waals surface area contributed by atoms with E-state index in [0.717, 1.165) is 44.1 Å². The number of ether oxygens (including phenoxy) is 1. The summed E-state index contributed by atoms with van der Waals surface area (Å²) >= 11 is 0. The molecule has 136 valence electrons. The predicted molar refractivity (Wildman–Crippen MR) is 97.8 cm³/mol. The Labute approximate surface area is 153 Å². The number of aryl methyl sites for hydroxylation is 2. The molecule has 0 radical (unpaired) electrons. The molecule has 1 saturated heterocycles. The third-order valence-corrected chi connectivity index (χ3v) is 4.25. The Morgan fingerprint density at radius 3 is 2.92 bits per heavy atom. The van der Waals surface area contributed by atoms with Crippen molar-refractivity contribution < 1.29 is 9.53 Å². The van der Waals surface area contributed by atoms with Crippen molar-refractivity contribution in [1.82, 2.24) is 25.0 Å². The van der Waals surface area contributed by atoms with Crippen LogP contribution >= 0.6 is 0 Å². The minimum absolute atomic E-state index is 0.184. The molecule has 0 unspecified atom stereocenters. The maximum Gasteiger partial charge on any atom is 0.271 e. The number of pyridine rings is 1. The smallest absolute Gasteiger partial charge is 0.271 e. The lowest BCUT2D eigenvalue weighted by Crippen LogP contribution is -2.41. The predicted octanol–water partition coefficient (Wildman–Crippen LogP) is 0.585. The Kier molecular flexibility index (Phi) is 6.00. The number of hydrogen-bond acceptors (Lipinski definition) is 5. The van der Waals surface area contributed by atoms with Gasteiger partial charge in [-0.2, -0.15) is 5.10 Å². The van der Waals surface area contributed by atoms with Crippen LogP contribution in [0.5, 0.6) is 0 Å². The molecule has 1 amide bonds. The van der Waals surface area contributed by atoms with Crippen LogP contribution in [-0.2, 0) is 11.8 Å². The molecule has 3 heterocycles. The molecule has 1 fully saturated rings. The zero-order valence-corrected chi connectivity index (χ0v) is 15.2. The van der Waals surface area contributed by atoms with Crippen LogP contribution in [0.2, 0.25) is 0 Å². The molecular weight excluding hydrogens is 330 g/mol. The fourth-order valence-electron chi connectivity index (χ4n) is 2.68. The Balaban J connectivity index is 1.59. The third-order valence-electron chi connectivity index (χ3n) is 4.25. The van der Waals surface area contributed by atoms with Crippen LogP contribution in [0.1, 0.15) is 27.4 Å². The summed E-state index contributed by atoms with van der Waals surface area (Å²) in [5, 5.41) is 7.17. The molecule has 0 saturated carbocycles. The van der Waals surface area contributed by atoms with Gasteiger partial charge in [0.2, 0.25) is 0 Å². The van der Waals surface area contributed by atoms with Crippen molar-refractivity contribution in [2.45, 2.75) is 6.92 Å². The molecule has 0 spiro atoms. The fourth-order valence-corrected chi connectivity index (χ4v) is 2.68. The van der Waals surface area contributed by atoms with E-state index in [1.165, 1.54) is 0 Å². The van der Waals surface area contributed by atoms with E-state index in [-0.39, 0.29) is 5.91 Å². The number of nitrogens with one attached hydrogen (secondary N) is 1. The zero-order chi connectivity index (χ0) is 18.4. The van der Waals surface area contributed by atoms with Crippen LogP contribution in [0.25, 0.3) is 0 Å². The number of aromatic nitrogens is 3. The Morgan fingerprint density at radius 1 is 1.35 bits per heavy atom. The van der Waals surface area contributed by atoms with Crippen molar-refractivity contribution in [3.63, 3.8) is 0 Å². The molecule has 1 N–H and O–H groups in total. The van der Waals surface area contributed by atoms with E-state index in [2.05, 4.69) is 32.1 Å². The summed E-state index contributed by atoms with van der Waals surface area (Å²) < 4.78 is 6.93. The van der Waals surface area contributed by atoms with Gasteiger partial charge in [0.25, 0.3) is 5.91 Å². The highest BCUT2D eigenvalue weighted by molar-refractivity contribution is 5.92. The van der Waals surface area contributed by atoms with E-state index in [1.807, 2.05) is 19.1 Å². The van der Waals surface area contributed by atoms with E-state index >= 15 is 0 Å². The van der Waals surface area contributed by atoms with Crippen LogP contribution < -0.4 is 5.32 Å². The highest BCUT2D eigenvalue weighted by atomic mass is 16.5. The van der Waals surface area contributed by atoms with Crippen LogP contribution in [0, 0.1) is 18.8 Å². The standard InChI is InChI=1S/C19H23N5O2/c1-15-4-3-7-20-17(15)6-5-16-14-18(22-23(16)2)19(25)21-8-9-24-10-12-26-13-11-24/h3-4,7,14H,8-13H2,1-2H3,(H,21,25). The summed E-state index contributed by atoms with van der Waals surface area (Å²) in [4.78, 5) is 18.8. The van der Waals surface area contributed by atoms with Gasteiger partial charge >= 0.3 is 0 Å². The van der Waals surface area contributed by atoms with Gasteiger partial charge in [-0.15, -0.1) is 0 Å². The first-order valence-corrected chi connectivity index (χ1v) is 8.69. The van der Waals surface area contributed by atoms with Gasteiger partial charge < -0.3 is 10.1 Å². The largest absolute Gasteiger partial charge is 0.379 e. The van der Waals surface area contributed by atoms with Gasteiger partial charge in [-0.05, 0) is 30.4 Å². The van der Waals surface area contributed by atoms with Crippen LogP contribution in [0.3, 0.4) is 0 Å². The van der Waals surface area contributed by atoms with Crippen molar-refractivity contribution in [2.24, 2.45) is 7.05 Å². The SMILES string of the molecule is Cc1cccnc1C#Cc1cc(C(=O)NCCN2CCOCC2)nn1C. The fraction of sp³-hybridized carbons (Fsp3) is 0.421. The molecule has 1 aliphatic rings. The summed E-state index contributed by atoms with van der Waals surface area (Å²) in [6, 6.07) is 5.55. The van der Waals surface area contributed by atoms with E-state index < -0.39 is 0 Å². The number of carbonyl (C=O) groups excluding carboxylic acids is 1. The minimum Gasteiger partial charge on any atom is -0.379 e. The number of morpholine rings is 1. The van der Waals surface area contributed by atoms with E-state index in [0.29, 0.717) is 17.9 Å². The highest BCUT2D eigenvalue weighted by Crippen LogP contribution is 2.04. The van der Waals surface area contributed by atoms with Crippen molar-refractivity contribution in [1.29, 1.82) is 0 Å². The molecule has 0 bridgehead atoms. The zero-order valence-electron chi connectivity index (χ0n) is 15.2. The molecule has 0 atom stereocenters. The normalized spacial score (nSPS) is 14.5. The molecule has 0 aliphatic carbocycles. The average Bonchev–Trinajstić information content (AvgIpc) is 3.03. The van der Waals surface area contributed by atoms with Gasteiger partial charge in [0, 0.05) is 45.5 Å². The van der Waals surface area contributed by atoms with Crippen molar-refractivity contribution in [3.8, 4) is 11.8 Å². The number of hydrogen-bond donors (Lipinski definition) is 1. The van der Waals surface area contributed by atoms with Crippen molar-refractivity contribution in [3.05, 3.63) is 47.0 Å². The van der Waals surface area contributed by atoms with Gasteiger partial charge in [0.1, 0.15) is 11.4 Å². The molecule has 7 nitrogen and oxygen atoms in total. The first-order chi connectivity index (χ1) is 12.6. The van der Waals surface area contributed by atoms with Crippen LogP contribution in [0.15, 0.2) is 24.4 Å². The monoisotopic (exact) mass is 353 g/mol. The highest BCUT2D eigenvalue weighted by Gasteiger charge is 2.13. The van der Waals surface area contributed by atoms with E-state index in [4.69, 9.17) is 4.74 Å². The van der Waals surface area contributed by atoms with Gasteiger partial charge in [-0.25, -0.2) is 4.98 Å². The second-order valence-electron chi connectivity index (χ2n) is 6.17. The molecule has 7 heteroatoms. The van der Waals surface area contributed by atoms with E-state index in [1.54, 1.807) is 24.0 Å². The molecular formula is C19H23N5O2. The van der Waals surface area contributed by atoms with Gasteiger partial charge in [-0.3, -0.25) is 14.4 Å². The maximum absolute atomic E-state index is 12.3. The summed E-state index contributed by atoms with van der Waals surface area (Å²) in [5.74, 6) is 5.89. The summed E-state index contributed by atoms with van der Waals surface area (Å²) in [6.45, 7) is 6.70. The number of nitrogens with zero attached hydrogens (tertiary/aromatic N) is 4. The van der Waals surface area contributed by atoms with Gasteiger partial charge in [0.15, 0.2) is 5.69 Å². The quantitative estimate of drug-likeness (QED) is 0.815. The van der Waals surface area contributed by atoms with Gasteiger partial charge in [-0.1, -0.05) is 6.07 Å². The number of carbonyl (C=O) groups is 1. The first kappa shape index (κ1) is 18.1. The lowest BCUT2D eigenvalue weighted by Gasteiger charge is -2.26. The number of rotatable bonds is 4. The second-order valence-corrected chi connectivity index (χ2v) is 6.17. The lowest BCUT2D eigenvalue weighted by molar-refractivity contribution is 0.0383. The number of amides is 1. The molecule has 0 aromatic carbocycles. The van der Waals surface area contributed by atoms with Gasteiger partial charge in [0.05, 0.1) is 13.2 Å².